The highest BCUT2D eigenvalue weighted by molar-refractivity contribution is 7.08. The Bertz CT molecular complexity index is 938. The molecule has 9 heteroatoms. The monoisotopic (exact) mass is 387 g/mol. The molecular formula is C18H17N3O5S. The van der Waals surface area contributed by atoms with Gasteiger partial charge in [0, 0.05) is 24.9 Å². The van der Waals surface area contributed by atoms with Crippen LogP contribution in [0.3, 0.4) is 0 Å². The van der Waals surface area contributed by atoms with E-state index in [0.717, 1.165) is 5.56 Å². The molecule has 1 aliphatic heterocycles. The highest BCUT2D eigenvalue weighted by atomic mass is 32.1. The Hall–Kier alpha value is -3.20. The molecule has 0 aliphatic carbocycles. The van der Waals surface area contributed by atoms with Gasteiger partial charge >= 0.3 is 12.0 Å². The fourth-order valence-corrected chi connectivity index (χ4v) is 3.84. The van der Waals surface area contributed by atoms with Crippen molar-refractivity contribution in [2.24, 2.45) is 0 Å². The molecule has 1 atom stereocenters. The molecule has 0 saturated heterocycles. The third-order valence-corrected chi connectivity index (χ3v) is 5.14. The summed E-state index contributed by atoms with van der Waals surface area (Å²) < 4.78 is 4.95. The zero-order valence-electron chi connectivity index (χ0n) is 14.9. The van der Waals surface area contributed by atoms with Crippen LogP contribution in [-0.2, 0) is 9.53 Å². The lowest BCUT2D eigenvalue weighted by Gasteiger charge is -2.40. The van der Waals surface area contributed by atoms with E-state index in [-0.39, 0.29) is 5.69 Å². The molecule has 0 saturated carbocycles. The number of thiophene rings is 1. The van der Waals surface area contributed by atoms with Crippen molar-refractivity contribution in [2.75, 3.05) is 19.1 Å². The third kappa shape index (κ3) is 3.17. The zero-order chi connectivity index (χ0) is 19.7. The van der Waals surface area contributed by atoms with Gasteiger partial charge in [0.1, 0.15) is 0 Å². The van der Waals surface area contributed by atoms with Crippen molar-refractivity contribution in [1.82, 2.24) is 4.90 Å². The van der Waals surface area contributed by atoms with Crippen molar-refractivity contribution in [2.45, 2.75) is 13.0 Å². The predicted octanol–water partition coefficient (Wildman–Crippen LogP) is 3.72. The van der Waals surface area contributed by atoms with Gasteiger partial charge in [-0.15, -0.1) is 0 Å². The second kappa shape index (κ2) is 7.20. The number of allylic oxidation sites excluding steroid dienone is 1. The number of ether oxygens (including phenoxy) is 1. The van der Waals surface area contributed by atoms with E-state index >= 15 is 0 Å². The molecule has 0 N–H and O–H groups in total. The summed E-state index contributed by atoms with van der Waals surface area (Å²) in [6.07, 6.45) is 0. The van der Waals surface area contributed by atoms with E-state index in [1.165, 1.54) is 46.4 Å². The number of carbonyl (C=O) groups is 2. The number of esters is 1. The minimum absolute atomic E-state index is 0.143. The first kappa shape index (κ1) is 18.6. The van der Waals surface area contributed by atoms with Crippen LogP contribution in [0.25, 0.3) is 0 Å². The molecule has 0 spiro atoms. The van der Waals surface area contributed by atoms with Gasteiger partial charge in [-0.2, -0.15) is 11.3 Å². The minimum atomic E-state index is -0.592. The molecule has 0 radical (unpaired) electrons. The standard InChI is InChI=1S/C18H17N3O5S/c1-11-15(17(22)26-3)16(12-7-8-27-10-12)19(2)18(23)20(11)13-5-4-6-14(9-13)21(24)25/h4-10,16H,1-3H3. The van der Waals surface area contributed by atoms with Gasteiger partial charge in [-0.1, -0.05) is 6.07 Å². The molecule has 1 unspecified atom stereocenters. The van der Waals surface area contributed by atoms with Crippen LogP contribution in [0.5, 0.6) is 0 Å². The largest absolute Gasteiger partial charge is 0.466 e. The third-order valence-electron chi connectivity index (χ3n) is 4.44. The maximum Gasteiger partial charge on any atom is 0.337 e. The van der Waals surface area contributed by atoms with Crippen LogP contribution in [0.4, 0.5) is 16.2 Å². The van der Waals surface area contributed by atoms with Gasteiger partial charge in [-0.25, -0.2) is 9.59 Å². The normalized spacial score (nSPS) is 17.3. The first-order chi connectivity index (χ1) is 12.9. The number of likely N-dealkylation sites (N-methyl/N-ethyl adjacent to an activating group) is 1. The van der Waals surface area contributed by atoms with Gasteiger partial charge in [-0.05, 0) is 35.4 Å². The lowest BCUT2D eigenvalue weighted by Crippen LogP contribution is -2.49. The average molecular weight is 387 g/mol. The number of hydrogen-bond donors (Lipinski definition) is 0. The quantitative estimate of drug-likeness (QED) is 0.453. The Morgan fingerprint density at radius 2 is 2.07 bits per heavy atom. The van der Waals surface area contributed by atoms with E-state index in [0.29, 0.717) is 17.0 Å². The maximum atomic E-state index is 13.1. The van der Waals surface area contributed by atoms with Gasteiger partial charge in [-0.3, -0.25) is 15.0 Å². The Kier molecular flexibility index (Phi) is 4.95. The zero-order valence-corrected chi connectivity index (χ0v) is 15.7. The van der Waals surface area contributed by atoms with Gasteiger partial charge in [0.2, 0.25) is 0 Å². The summed E-state index contributed by atoms with van der Waals surface area (Å²) in [7, 11) is 2.87. The van der Waals surface area contributed by atoms with Crippen LogP contribution in [0.2, 0.25) is 0 Å². The van der Waals surface area contributed by atoms with E-state index in [2.05, 4.69) is 0 Å². The Labute approximate surface area is 159 Å². The fraction of sp³-hybridized carbons (Fsp3) is 0.222. The first-order valence-electron chi connectivity index (χ1n) is 7.99. The van der Waals surface area contributed by atoms with Crippen LogP contribution in [-0.4, -0.2) is 36.0 Å². The number of carbonyl (C=O) groups excluding carboxylic acids is 2. The molecule has 2 heterocycles. The van der Waals surface area contributed by atoms with Gasteiger partial charge in [0.05, 0.1) is 29.3 Å². The molecular weight excluding hydrogens is 370 g/mol. The molecule has 140 valence electrons. The summed E-state index contributed by atoms with van der Waals surface area (Å²) >= 11 is 1.46. The molecule has 27 heavy (non-hydrogen) atoms. The number of urea groups is 1. The molecule has 1 aromatic carbocycles. The number of hydrogen-bond acceptors (Lipinski definition) is 6. The molecule has 1 aromatic heterocycles. The average Bonchev–Trinajstić information content (AvgIpc) is 3.18. The van der Waals surface area contributed by atoms with Crippen LogP contribution >= 0.6 is 11.3 Å². The van der Waals surface area contributed by atoms with Crippen molar-refractivity contribution < 1.29 is 19.2 Å². The summed E-state index contributed by atoms with van der Waals surface area (Å²) in [6, 6.07) is 6.59. The van der Waals surface area contributed by atoms with Crippen LogP contribution < -0.4 is 4.90 Å². The van der Waals surface area contributed by atoms with Gasteiger partial charge in [0.15, 0.2) is 0 Å². The Morgan fingerprint density at radius 3 is 2.67 bits per heavy atom. The fourth-order valence-electron chi connectivity index (χ4n) is 3.16. The van der Waals surface area contributed by atoms with Gasteiger partial charge in [0.25, 0.3) is 5.69 Å². The smallest absolute Gasteiger partial charge is 0.337 e. The van der Waals surface area contributed by atoms with E-state index < -0.39 is 23.0 Å². The predicted molar refractivity (Wildman–Crippen MR) is 101 cm³/mol. The summed E-state index contributed by atoms with van der Waals surface area (Å²) in [4.78, 5) is 38.9. The maximum absolute atomic E-state index is 13.1. The van der Waals surface area contributed by atoms with Crippen molar-refractivity contribution >= 4 is 34.7 Å². The molecule has 0 fully saturated rings. The van der Waals surface area contributed by atoms with E-state index in [4.69, 9.17) is 4.74 Å². The Morgan fingerprint density at radius 1 is 1.33 bits per heavy atom. The molecule has 0 bridgehead atoms. The lowest BCUT2D eigenvalue weighted by atomic mass is 9.95. The number of benzene rings is 1. The van der Waals surface area contributed by atoms with E-state index in [1.54, 1.807) is 20.0 Å². The van der Waals surface area contributed by atoms with E-state index in [1.807, 2.05) is 16.8 Å². The summed E-state index contributed by atoms with van der Waals surface area (Å²) in [5.41, 5.74) is 1.65. The number of non-ortho nitro benzene ring substituents is 1. The number of amides is 2. The molecule has 1 aliphatic rings. The second-order valence-electron chi connectivity index (χ2n) is 5.96. The number of nitro benzene ring substituents is 1. The number of methoxy groups -OCH3 is 1. The van der Waals surface area contributed by atoms with Gasteiger partial charge < -0.3 is 9.64 Å². The van der Waals surface area contributed by atoms with Crippen LogP contribution in [0.1, 0.15) is 18.5 Å². The van der Waals surface area contributed by atoms with Crippen LogP contribution in [0.15, 0.2) is 52.4 Å². The summed E-state index contributed by atoms with van der Waals surface area (Å²) in [6.45, 7) is 1.63. The molecule has 3 rings (SSSR count). The highest BCUT2D eigenvalue weighted by Crippen LogP contribution is 2.39. The SMILES string of the molecule is COC(=O)C1=C(C)N(c2cccc([N+](=O)[O-])c2)C(=O)N(C)C1c1ccsc1. The van der Waals surface area contributed by atoms with Crippen molar-refractivity contribution in [3.63, 3.8) is 0 Å². The van der Waals surface area contributed by atoms with Crippen LogP contribution in [0, 0.1) is 10.1 Å². The second-order valence-corrected chi connectivity index (χ2v) is 6.74. The van der Waals surface area contributed by atoms with Crippen molar-refractivity contribution in [1.29, 1.82) is 0 Å². The van der Waals surface area contributed by atoms with Crippen molar-refractivity contribution in [3.05, 3.63) is 68.0 Å². The summed E-state index contributed by atoms with van der Waals surface area (Å²) in [5.74, 6) is -0.557. The topological polar surface area (TPSA) is 93.0 Å². The number of nitrogens with zero attached hydrogens (tertiary/aromatic N) is 3. The summed E-state index contributed by atoms with van der Waals surface area (Å²) in [5, 5.41) is 14.8. The number of anilines is 1. The van der Waals surface area contributed by atoms with E-state index in [9.17, 15) is 19.7 Å². The molecule has 2 aromatic rings. The lowest BCUT2D eigenvalue weighted by molar-refractivity contribution is -0.384. The Balaban J connectivity index is 2.20. The van der Waals surface area contributed by atoms with Crippen molar-refractivity contribution in [3.8, 4) is 0 Å². The first-order valence-corrected chi connectivity index (χ1v) is 8.93. The minimum Gasteiger partial charge on any atom is -0.466 e. The molecule has 2 amide bonds. The molecule has 8 nitrogen and oxygen atoms in total. The number of nitro groups is 1. The number of rotatable bonds is 4. The highest BCUT2D eigenvalue weighted by Gasteiger charge is 2.41.